The Morgan fingerprint density at radius 2 is 2.03 bits per heavy atom. The van der Waals surface area contributed by atoms with Crippen LogP contribution in [0.5, 0.6) is 5.75 Å². The minimum atomic E-state index is 0.485. The number of hydrogen-bond donors (Lipinski definition) is 2. The molecular weight excluding hydrogens is 402 g/mol. The molecule has 0 bridgehead atoms. The second-order valence-electron chi connectivity index (χ2n) is 7.28. The molecule has 158 valence electrons. The smallest absolute Gasteiger partial charge is 0.128 e. The van der Waals surface area contributed by atoms with Gasteiger partial charge in [-0.15, -0.1) is 0 Å². The van der Waals surface area contributed by atoms with Crippen molar-refractivity contribution in [3.05, 3.63) is 52.8 Å². The van der Waals surface area contributed by atoms with Crippen molar-refractivity contribution < 1.29 is 9.47 Å². The predicted molar refractivity (Wildman–Crippen MR) is 120 cm³/mol. The van der Waals surface area contributed by atoms with Gasteiger partial charge in [-0.05, 0) is 42.8 Å². The van der Waals surface area contributed by atoms with E-state index in [0.29, 0.717) is 35.2 Å². The maximum atomic E-state index is 6.42. The fraction of sp³-hybridized carbons (Fsp3) is 0.364. The van der Waals surface area contributed by atoms with Gasteiger partial charge >= 0.3 is 0 Å². The van der Waals surface area contributed by atoms with Crippen LogP contribution in [0.3, 0.4) is 0 Å². The summed E-state index contributed by atoms with van der Waals surface area (Å²) in [6, 6.07) is 9.52. The third kappa shape index (κ3) is 4.75. The molecule has 2 aromatic heterocycles. The average molecular weight is 428 g/mol. The third-order valence-electron chi connectivity index (χ3n) is 5.26. The molecule has 0 atom stereocenters. The number of morpholine rings is 1. The van der Waals surface area contributed by atoms with E-state index in [1.54, 1.807) is 6.20 Å². The van der Waals surface area contributed by atoms with Gasteiger partial charge in [-0.3, -0.25) is 9.88 Å². The SMILES string of the molecule is Cc1ccnc(CNc2ccc3c(OCCN4CCOCC4)ccc(Cl)c3n2)c1N. The lowest BCUT2D eigenvalue weighted by Crippen LogP contribution is -2.38. The van der Waals surface area contributed by atoms with Gasteiger partial charge in [0.2, 0.25) is 0 Å². The molecule has 7 nitrogen and oxygen atoms in total. The Kier molecular flexibility index (Phi) is 6.52. The highest BCUT2D eigenvalue weighted by atomic mass is 35.5. The third-order valence-corrected chi connectivity index (χ3v) is 5.57. The highest BCUT2D eigenvalue weighted by Gasteiger charge is 2.12. The first-order valence-electron chi connectivity index (χ1n) is 10.1. The molecule has 3 heterocycles. The van der Waals surface area contributed by atoms with Crippen LogP contribution in [0.25, 0.3) is 10.9 Å². The summed E-state index contributed by atoms with van der Waals surface area (Å²) in [5.74, 6) is 1.49. The number of halogens is 1. The van der Waals surface area contributed by atoms with Crippen LogP contribution in [0.15, 0.2) is 36.5 Å². The van der Waals surface area contributed by atoms with Crippen molar-refractivity contribution in [2.45, 2.75) is 13.5 Å². The van der Waals surface area contributed by atoms with E-state index in [1.165, 1.54) is 0 Å². The Bertz CT molecular complexity index is 1020. The summed E-state index contributed by atoms with van der Waals surface area (Å²) >= 11 is 6.42. The molecule has 3 N–H and O–H groups in total. The van der Waals surface area contributed by atoms with Crippen LogP contribution in [0.4, 0.5) is 11.5 Å². The summed E-state index contributed by atoms with van der Waals surface area (Å²) in [6.07, 6.45) is 1.76. The van der Waals surface area contributed by atoms with Crippen LogP contribution in [0.1, 0.15) is 11.3 Å². The van der Waals surface area contributed by atoms with Gasteiger partial charge < -0.3 is 20.5 Å². The molecule has 1 fully saturated rings. The van der Waals surface area contributed by atoms with E-state index < -0.39 is 0 Å². The van der Waals surface area contributed by atoms with Crippen molar-refractivity contribution in [3.8, 4) is 5.75 Å². The molecule has 0 spiro atoms. The van der Waals surface area contributed by atoms with Crippen LogP contribution < -0.4 is 15.8 Å². The quantitative estimate of drug-likeness (QED) is 0.596. The highest BCUT2D eigenvalue weighted by molar-refractivity contribution is 6.35. The van der Waals surface area contributed by atoms with E-state index in [0.717, 1.165) is 55.2 Å². The normalized spacial score (nSPS) is 14.7. The highest BCUT2D eigenvalue weighted by Crippen LogP contribution is 2.31. The summed E-state index contributed by atoms with van der Waals surface area (Å²) in [7, 11) is 0. The Balaban J connectivity index is 1.45. The fourth-order valence-electron chi connectivity index (χ4n) is 3.43. The number of fused-ring (bicyclic) bond motifs is 1. The molecular formula is C22H26ClN5O2. The Morgan fingerprint density at radius 3 is 2.87 bits per heavy atom. The van der Waals surface area contributed by atoms with Crippen LogP contribution in [0, 0.1) is 6.92 Å². The number of pyridine rings is 2. The Labute approximate surface area is 181 Å². The van der Waals surface area contributed by atoms with Crippen LogP contribution in [-0.2, 0) is 11.3 Å². The number of hydrogen-bond acceptors (Lipinski definition) is 7. The molecule has 0 aliphatic carbocycles. The molecule has 1 saturated heterocycles. The van der Waals surface area contributed by atoms with Gasteiger partial charge in [0.1, 0.15) is 18.2 Å². The lowest BCUT2D eigenvalue weighted by Gasteiger charge is -2.26. The Morgan fingerprint density at radius 1 is 1.20 bits per heavy atom. The number of rotatable bonds is 7. The Hall–Kier alpha value is -2.61. The van der Waals surface area contributed by atoms with Crippen LogP contribution >= 0.6 is 11.6 Å². The second kappa shape index (κ2) is 9.47. The molecule has 1 aliphatic heterocycles. The first-order chi connectivity index (χ1) is 14.6. The lowest BCUT2D eigenvalue weighted by atomic mass is 10.2. The van der Waals surface area contributed by atoms with Crippen LogP contribution in [-0.4, -0.2) is 54.3 Å². The standard InChI is InChI=1S/C22H26ClN5O2/c1-15-6-7-25-18(21(15)24)14-26-20-5-2-16-19(4-3-17(23)22(16)27-20)30-13-10-28-8-11-29-12-9-28/h2-7H,8-14,24H2,1H3,(H,26,27). The monoisotopic (exact) mass is 427 g/mol. The van der Waals surface area contributed by atoms with E-state index in [2.05, 4.69) is 20.2 Å². The summed E-state index contributed by atoms with van der Waals surface area (Å²) in [4.78, 5) is 11.4. The van der Waals surface area contributed by atoms with Crippen molar-refractivity contribution in [1.29, 1.82) is 0 Å². The zero-order valence-corrected chi connectivity index (χ0v) is 17.8. The molecule has 0 saturated carbocycles. The predicted octanol–water partition coefficient (Wildman–Crippen LogP) is 3.50. The van der Waals surface area contributed by atoms with Crippen molar-refractivity contribution in [3.63, 3.8) is 0 Å². The maximum Gasteiger partial charge on any atom is 0.128 e. The summed E-state index contributed by atoms with van der Waals surface area (Å²) in [6.45, 7) is 7.39. The number of nitrogens with two attached hydrogens (primary N) is 1. The molecule has 1 aromatic carbocycles. The van der Waals surface area contributed by atoms with Crippen molar-refractivity contribution in [2.75, 3.05) is 50.5 Å². The van der Waals surface area contributed by atoms with Gasteiger partial charge in [-0.25, -0.2) is 4.98 Å². The molecule has 4 rings (SSSR count). The summed E-state index contributed by atoms with van der Waals surface area (Å²) in [5, 5.41) is 4.76. The van der Waals surface area contributed by atoms with Gasteiger partial charge in [-0.2, -0.15) is 0 Å². The number of nitrogens with zero attached hydrogens (tertiary/aromatic N) is 3. The van der Waals surface area contributed by atoms with Gasteiger partial charge in [0.15, 0.2) is 0 Å². The van der Waals surface area contributed by atoms with E-state index in [1.807, 2.05) is 37.3 Å². The van der Waals surface area contributed by atoms with Crippen molar-refractivity contribution in [1.82, 2.24) is 14.9 Å². The second-order valence-corrected chi connectivity index (χ2v) is 7.69. The number of ether oxygens (including phenoxy) is 2. The van der Waals surface area contributed by atoms with Gasteiger partial charge in [0, 0.05) is 31.2 Å². The number of benzene rings is 1. The van der Waals surface area contributed by atoms with Crippen LogP contribution in [0.2, 0.25) is 5.02 Å². The molecule has 3 aromatic rings. The minimum Gasteiger partial charge on any atom is -0.492 e. The van der Waals surface area contributed by atoms with Crippen molar-refractivity contribution in [2.24, 2.45) is 0 Å². The largest absolute Gasteiger partial charge is 0.492 e. The molecule has 30 heavy (non-hydrogen) atoms. The summed E-state index contributed by atoms with van der Waals surface area (Å²) < 4.78 is 11.4. The number of anilines is 2. The fourth-order valence-corrected chi connectivity index (χ4v) is 3.64. The molecule has 1 aliphatic rings. The van der Waals surface area contributed by atoms with Gasteiger partial charge in [0.25, 0.3) is 0 Å². The molecule has 0 unspecified atom stereocenters. The van der Waals surface area contributed by atoms with E-state index in [9.17, 15) is 0 Å². The average Bonchev–Trinajstić information content (AvgIpc) is 2.77. The first-order valence-corrected chi connectivity index (χ1v) is 10.5. The lowest BCUT2D eigenvalue weighted by molar-refractivity contribution is 0.0323. The van der Waals surface area contributed by atoms with Crippen molar-refractivity contribution >= 4 is 34.0 Å². The maximum absolute atomic E-state index is 6.42. The first kappa shape index (κ1) is 20.7. The number of aryl methyl sites for hydroxylation is 1. The van der Waals surface area contributed by atoms with E-state index >= 15 is 0 Å². The van der Waals surface area contributed by atoms with E-state index in [4.69, 9.17) is 26.8 Å². The van der Waals surface area contributed by atoms with Gasteiger partial charge in [0.05, 0.1) is 41.7 Å². The number of nitrogens with one attached hydrogen (secondary N) is 1. The van der Waals surface area contributed by atoms with E-state index in [-0.39, 0.29) is 0 Å². The summed E-state index contributed by atoms with van der Waals surface area (Å²) in [5.41, 5.74) is 9.31. The number of nitrogen functional groups attached to an aromatic ring is 1. The number of aromatic nitrogens is 2. The zero-order chi connectivity index (χ0) is 20.9. The zero-order valence-electron chi connectivity index (χ0n) is 17.0. The van der Waals surface area contributed by atoms with Gasteiger partial charge in [-0.1, -0.05) is 11.6 Å². The molecule has 8 heteroatoms. The molecule has 0 radical (unpaired) electrons. The molecule has 0 amide bonds. The topological polar surface area (TPSA) is 85.5 Å². The minimum absolute atomic E-state index is 0.485.